The number of aryl methyl sites for hydroxylation is 1. The summed E-state index contributed by atoms with van der Waals surface area (Å²) in [5, 5.41) is 18.4. The quantitative estimate of drug-likeness (QED) is 0.704. The lowest BCUT2D eigenvalue weighted by Crippen LogP contribution is -2.13. The van der Waals surface area contributed by atoms with Crippen molar-refractivity contribution in [1.82, 2.24) is 25.3 Å². The Morgan fingerprint density at radius 1 is 1.15 bits per heavy atom. The Morgan fingerprint density at radius 3 is 2.85 bits per heavy atom. The largest absolute Gasteiger partial charge is 0.492 e. The Labute approximate surface area is 115 Å². The van der Waals surface area contributed by atoms with Crippen LogP contribution in [0.3, 0.4) is 0 Å². The Balaban J connectivity index is 1.50. The van der Waals surface area contributed by atoms with Crippen LogP contribution in [0.25, 0.3) is 5.65 Å². The second-order valence-electron chi connectivity index (χ2n) is 4.33. The van der Waals surface area contributed by atoms with Crippen molar-refractivity contribution in [2.45, 2.75) is 6.92 Å². The molecule has 3 aromatic rings. The van der Waals surface area contributed by atoms with Crippen LogP contribution in [0.5, 0.6) is 5.75 Å². The third-order valence-corrected chi connectivity index (χ3v) is 2.77. The van der Waals surface area contributed by atoms with E-state index >= 15 is 0 Å². The zero-order valence-corrected chi connectivity index (χ0v) is 11.0. The minimum atomic E-state index is 0.554. The van der Waals surface area contributed by atoms with Crippen molar-refractivity contribution in [3.05, 3.63) is 42.0 Å². The van der Waals surface area contributed by atoms with Gasteiger partial charge in [0.15, 0.2) is 5.65 Å². The monoisotopic (exact) mass is 270 g/mol. The SMILES string of the molecule is Cc1ccc(OCCNc2ccc3nnnn3n2)cc1. The van der Waals surface area contributed by atoms with Crippen molar-refractivity contribution in [1.29, 1.82) is 0 Å². The lowest BCUT2D eigenvalue weighted by atomic mass is 10.2. The molecule has 0 unspecified atom stereocenters. The van der Waals surface area contributed by atoms with E-state index in [2.05, 4.69) is 25.9 Å². The van der Waals surface area contributed by atoms with Gasteiger partial charge in [-0.2, -0.15) is 0 Å². The highest BCUT2D eigenvalue weighted by Gasteiger charge is 2.00. The standard InChI is InChI=1S/C13H14N6O/c1-10-2-4-11(5-3-10)20-9-8-14-12-6-7-13-15-17-18-19(13)16-12/h2-7H,8-9H2,1H3,(H,14,16). The summed E-state index contributed by atoms with van der Waals surface area (Å²) >= 11 is 0. The van der Waals surface area contributed by atoms with Crippen LogP contribution in [0.4, 0.5) is 5.82 Å². The minimum Gasteiger partial charge on any atom is -0.492 e. The summed E-state index contributed by atoms with van der Waals surface area (Å²) in [6.45, 7) is 3.25. The van der Waals surface area contributed by atoms with E-state index < -0.39 is 0 Å². The van der Waals surface area contributed by atoms with Crippen LogP contribution in [-0.4, -0.2) is 38.4 Å². The summed E-state index contributed by atoms with van der Waals surface area (Å²) in [5.41, 5.74) is 1.83. The second-order valence-corrected chi connectivity index (χ2v) is 4.33. The van der Waals surface area contributed by atoms with Gasteiger partial charge >= 0.3 is 0 Å². The molecule has 0 aliphatic heterocycles. The first-order valence-corrected chi connectivity index (χ1v) is 6.30. The molecule has 0 bridgehead atoms. The van der Waals surface area contributed by atoms with Crippen LogP contribution in [0.15, 0.2) is 36.4 Å². The molecule has 0 saturated heterocycles. The number of nitrogens with one attached hydrogen (secondary N) is 1. The molecule has 20 heavy (non-hydrogen) atoms. The first-order chi connectivity index (χ1) is 9.81. The van der Waals surface area contributed by atoms with E-state index in [1.807, 2.05) is 37.3 Å². The molecular weight excluding hydrogens is 256 g/mol. The van der Waals surface area contributed by atoms with Gasteiger partial charge in [0.05, 0.1) is 6.54 Å². The number of hydrogen-bond donors (Lipinski definition) is 1. The third-order valence-electron chi connectivity index (χ3n) is 2.77. The van der Waals surface area contributed by atoms with Crippen molar-refractivity contribution in [3.8, 4) is 5.75 Å². The molecule has 3 rings (SSSR count). The van der Waals surface area contributed by atoms with Gasteiger partial charge in [-0.1, -0.05) is 17.7 Å². The van der Waals surface area contributed by atoms with E-state index in [-0.39, 0.29) is 0 Å². The molecule has 0 amide bonds. The summed E-state index contributed by atoms with van der Waals surface area (Å²) in [5.74, 6) is 1.57. The minimum absolute atomic E-state index is 0.554. The van der Waals surface area contributed by atoms with Crippen molar-refractivity contribution in [2.24, 2.45) is 0 Å². The van der Waals surface area contributed by atoms with Crippen LogP contribution >= 0.6 is 0 Å². The van der Waals surface area contributed by atoms with Gasteiger partial charge in [-0.25, -0.2) is 0 Å². The van der Waals surface area contributed by atoms with Gasteiger partial charge in [0.1, 0.15) is 18.2 Å². The van der Waals surface area contributed by atoms with E-state index in [4.69, 9.17) is 4.74 Å². The summed E-state index contributed by atoms with van der Waals surface area (Å²) < 4.78 is 7.00. The summed E-state index contributed by atoms with van der Waals surface area (Å²) in [6, 6.07) is 11.6. The van der Waals surface area contributed by atoms with Crippen LogP contribution in [-0.2, 0) is 0 Å². The molecular formula is C13H14N6O. The molecule has 0 fully saturated rings. The van der Waals surface area contributed by atoms with Gasteiger partial charge in [-0.15, -0.1) is 14.8 Å². The number of nitrogens with zero attached hydrogens (tertiary/aromatic N) is 5. The zero-order chi connectivity index (χ0) is 13.8. The van der Waals surface area contributed by atoms with E-state index in [1.54, 1.807) is 6.07 Å². The molecule has 0 saturated carbocycles. The van der Waals surface area contributed by atoms with Gasteiger partial charge in [0.25, 0.3) is 0 Å². The fraction of sp³-hybridized carbons (Fsp3) is 0.231. The first-order valence-electron chi connectivity index (χ1n) is 6.30. The Morgan fingerprint density at radius 2 is 2.00 bits per heavy atom. The number of fused-ring (bicyclic) bond motifs is 1. The van der Waals surface area contributed by atoms with Crippen LogP contribution in [0.2, 0.25) is 0 Å². The van der Waals surface area contributed by atoms with Gasteiger partial charge in [-0.3, -0.25) is 0 Å². The molecule has 0 aliphatic carbocycles. The van der Waals surface area contributed by atoms with Crippen LogP contribution in [0, 0.1) is 6.92 Å². The van der Waals surface area contributed by atoms with E-state index in [9.17, 15) is 0 Å². The maximum atomic E-state index is 5.62. The van der Waals surface area contributed by atoms with Crippen molar-refractivity contribution >= 4 is 11.5 Å². The highest BCUT2D eigenvalue weighted by Crippen LogP contribution is 2.11. The molecule has 1 N–H and O–H groups in total. The first kappa shape index (κ1) is 12.3. The smallest absolute Gasteiger partial charge is 0.200 e. The number of ether oxygens (including phenoxy) is 1. The average Bonchev–Trinajstić information content (AvgIpc) is 2.93. The molecule has 0 atom stereocenters. The Bertz CT molecular complexity index is 693. The fourth-order valence-corrected chi connectivity index (χ4v) is 1.73. The zero-order valence-electron chi connectivity index (χ0n) is 11.0. The molecule has 0 aliphatic rings. The highest BCUT2D eigenvalue weighted by molar-refractivity contribution is 5.42. The molecule has 2 aromatic heterocycles. The van der Waals surface area contributed by atoms with Gasteiger partial charge in [-0.05, 0) is 41.6 Å². The topological polar surface area (TPSA) is 77.2 Å². The van der Waals surface area contributed by atoms with Gasteiger partial charge in [0, 0.05) is 0 Å². The highest BCUT2D eigenvalue weighted by atomic mass is 16.5. The maximum absolute atomic E-state index is 5.62. The summed E-state index contributed by atoms with van der Waals surface area (Å²) in [4.78, 5) is 0. The molecule has 7 nitrogen and oxygen atoms in total. The average molecular weight is 270 g/mol. The molecule has 1 aromatic carbocycles. The molecule has 7 heteroatoms. The number of rotatable bonds is 5. The summed E-state index contributed by atoms with van der Waals surface area (Å²) in [6.07, 6.45) is 0. The van der Waals surface area contributed by atoms with Crippen LogP contribution < -0.4 is 10.1 Å². The van der Waals surface area contributed by atoms with Crippen molar-refractivity contribution in [3.63, 3.8) is 0 Å². The van der Waals surface area contributed by atoms with Crippen molar-refractivity contribution in [2.75, 3.05) is 18.5 Å². The number of anilines is 1. The molecule has 0 spiro atoms. The van der Waals surface area contributed by atoms with Gasteiger partial charge < -0.3 is 10.1 Å². The lowest BCUT2D eigenvalue weighted by molar-refractivity contribution is 0.332. The van der Waals surface area contributed by atoms with Gasteiger partial charge in [0.2, 0.25) is 0 Å². The normalized spacial score (nSPS) is 10.7. The number of hydrogen-bond acceptors (Lipinski definition) is 6. The number of benzene rings is 1. The van der Waals surface area contributed by atoms with E-state index in [1.165, 1.54) is 10.2 Å². The molecule has 0 radical (unpaired) electrons. The van der Waals surface area contributed by atoms with E-state index in [0.717, 1.165) is 5.75 Å². The second kappa shape index (κ2) is 5.52. The third kappa shape index (κ3) is 2.82. The Hall–Kier alpha value is -2.70. The van der Waals surface area contributed by atoms with Crippen molar-refractivity contribution < 1.29 is 4.74 Å². The number of aromatic nitrogens is 5. The predicted molar refractivity (Wildman–Crippen MR) is 73.7 cm³/mol. The predicted octanol–water partition coefficient (Wildman–Crippen LogP) is 1.32. The van der Waals surface area contributed by atoms with Crippen LogP contribution in [0.1, 0.15) is 5.56 Å². The molecule has 2 heterocycles. The Kier molecular flexibility index (Phi) is 3.40. The molecule has 102 valence electrons. The number of tetrazole rings is 1. The maximum Gasteiger partial charge on any atom is 0.200 e. The van der Waals surface area contributed by atoms with E-state index in [0.29, 0.717) is 24.6 Å². The summed E-state index contributed by atoms with van der Waals surface area (Å²) in [7, 11) is 0. The fourth-order valence-electron chi connectivity index (χ4n) is 1.73. The lowest BCUT2D eigenvalue weighted by Gasteiger charge is -2.08.